The zero-order chi connectivity index (χ0) is 12.1. The third-order valence-corrected chi connectivity index (χ3v) is 2.30. The van der Waals surface area contributed by atoms with Crippen molar-refractivity contribution in [3.8, 4) is 11.8 Å². The van der Waals surface area contributed by atoms with Crippen molar-refractivity contribution in [1.82, 2.24) is 14.9 Å². The molecule has 1 aromatic heterocycles. The van der Waals surface area contributed by atoms with Gasteiger partial charge in [-0.2, -0.15) is 14.9 Å². The van der Waals surface area contributed by atoms with Gasteiger partial charge in [0.05, 0.1) is 6.21 Å². The lowest BCUT2D eigenvalue weighted by molar-refractivity contribution is 0.822. The van der Waals surface area contributed by atoms with E-state index in [-0.39, 0.29) is 0 Å². The number of aromatic amines is 1. The van der Waals surface area contributed by atoms with Crippen LogP contribution in [0.4, 0.5) is 0 Å². The van der Waals surface area contributed by atoms with Gasteiger partial charge in [0.1, 0.15) is 5.82 Å². The Morgan fingerprint density at radius 1 is 1.41 bits per heavy atom. The number of hydrogen-bond donors (Lipinski definition) is 1. The average Bonchev–Trinajstić information content (AvgIpc) is 2.67. The third-order valence-electron chi connectivity index (χ3n) is 2.04. The molecule has 0 unspecified atom stereocenters. The summed E-state index contributed by atoms with van der Waals surface area (Å²) in [5, 5.41) is 10.7. The van der Waals surface area contributed by atoms with Crippen LogP contribution < -0.4 is 0 Å². The molecule has 2 rings (SSSR count). The highest BCUT2D eigenvalue weighted by Crippen LogP contribution is 1.95. The second kappa shape index (κ2) is 5.23. The quantitative estimate of drug-likeness (QED) is 0.473. The molecule has 0 aliphatic heterocycles. The zero-order valence-corrected chi connectivity index (χ0v) is 10.0. The topological polar surface area (TPSA) is 46.0 Å². The lowest BCUT2D eigenvalue weighted by atomic mass is 10.2. The van der Waals surface area contributed by atoms with Crippen molar-refractivity contribution >= 4 is 18.4 Å². The minimum atomic E-state index is 0.459. The number of aryl methyl sites for hydroxylation is 1. The van der Waals surface area contributed by atoms with Gasteiger partial charge in [-0.25, -0.2) is 0 Å². The molecule has 0 aliphatic carbocycles. The number of rotatable bonds is 1. The Hall–Kier alpha value is -2.19. The maximum atomic E-state index is 5.00. The van der Waals surface area contributed by atoms with E-state index in [1.54, 1.807) is 0 Å². The summed E-state index contributed by atoms with van der Waals surface area (Å²) in [6.45, 7) is 1.81. The van der Waals surface area contributed by atoms with Crippen LogP contribution in [0.5, 0.6) is 0 Å². The maximum absolute atomic E-state index is 5.00. The monoisotopic (exact) mass is 242 g/mol. The molecule has 0 aliphatic rings. The second-order valence-electron chi connectivity index (χ2n) is 3.27. The molecule has 0 amide bonds. The van der Waals surface area contributed by atoms with E-state index < -0.39 is 0 Å². The highest BCUT2D eigenvalue weighted by atomic mass is 32.1. The van der Waals surface area contributed by atoms with Crippen LogP contribution in [-0.2, 0) is 0 Å². The van der Waals surface area contributed by atoms with Gasteiger partial charge in [0.2, 0.25) is 4.77 Å². The van der Waals surface area contributed by atoms with E-state index in [1.807, 2.05) is 37.3 Å². The van der Waals surface area contributed by atoms with Crippen LogP contribution in [0.3, 0.4) is 0 Å². The van der Waals surface area contributed by atoms with Gasteiger partial charge in [-0.15, -0.1) is 0 Å². The summed E-state index contributed by atoms with van der Waals surface area (Å²) in [6.07, 6.45) is 1.51. The van der Waals surface area contributed by atoms with Crippen LogP contribution in [0.25, 0.3) is 0 Å². The first kappa shape index (κ1) is 11.3. The van der Waals surface area contributed by atoms with Crippen LogP contribution in [0.15, 0.2) is 35.4 Å². The van der Waals surface area contributed by atoms with Crippen LogP contribution in [0.1, 0.15) is 11.4 Å². The van der Waals surface area contributed by atoms with Crippen molar-refractivity contribution in [2.45, 2.75) is 6.92 Å². The van der Waals surface area contributed by atoms with Gasteiger partial charge < -0.3 is 0 Å². The Morgan fingerprint density at radius 2 is 2.18 bits per heavy atom. The molecule has 0 spiro atoms. The van der Waals surface area contributed by atoms with Gasteiger partial charge in [-0.05, 0) is 37.2 Å². The molecule has 4 nitrogen and oxygen atoms in total. The van der Waals surface area contributed by atoms with Crippen molar-refractivity contribution in [3.63, 3.8) is 0 Å². The molecule has 0 saturated heterocycles. The van der Waals surface area contributed by atoms with Crippen molar-refractivity contribution < 1.29 is 0 Å². The normalized spacial score (nSPS) is 10.2. The average molecular weight is 242 g/mol. The number of H-pyrrole nitrogens is 1. The van der Waals surface area contributed by atoms with Gasteiger partial charge >= 0.3 is 0 Å². The standard InChI is InChI=1S/C12H10N4S/c1-10-14-15-12(17)16(10)13-9-5-8-11-6-3-2-4-7-11/h2-4,6-7,9H,1H3,(H,15,17). The number of nitrogens with zero attached hydrogens (tertiary/aromatic N) is 3. The smallest absolute Gasteiger partial charge is 0.216 e. The fourth-order valence-electron chi connectivity index (χ4n) is 1.23. The van der Waals surface area contributed by atoms with Crippen LogP contribution >= 0.6 is 12.2 Å². The van der Waals surface area contributed by atoms with Crippen LogP contribution in [-0.4, -0.2) is 21.1 Å². The largest absolute Gasteiger partial charge is 0.250 e. The van der Waals surface area contributed by atoms with Gasteiger partial charge in [-0.3, -0.25) is 5.10 Å². The molecule has 84 valence electrons. The predicted molar refractivity (Wildman–Crippen MR) is 69.4 cm³/mol. The molecule has 1 aromatic carbocycles. The van der Waals surface area contributed by atoms with E-state index >= 15 is 0 Å². The van der Waals surface area contributed by atoms with Crippen molar-refractivity contribution in [3.05, 3.63) is 46.5 Å². The molecule has 1 heterocycles. The Kier molecular flexibility index (Phi) is 3.48. The minimum Gasteiger partial charge on any atom is -0.250 e. The molecule has 0 atom stereocenters. The molecule has 0 radical (unpaired) electrons. The van der Waals surface area contributed by atoms with E-state index in [0.29, 0.717) is 10.6 Å². The molecular weight excluding hydrogens is 232 g/mol. The first-order chi connectivity index (χ1) is 8.27. The van der Waals surface area contributed by atoms with E-state index in [9.17, 15) is 0 Å². The van der Waals surface area contributed by atoms with Gasteiger partial charge in [0.25, 0.3) is 0 Å². The summed E-state index contributed by atoms with van der Waals surface area (Å²) in [7, 11) is 0. The summed E-state index contributed by atoms with van der Waals surface area (Å²) < 4.78 is 1.98. The lowest BCUT2D eigenvalue weighted by Crippen LogP contribution is -1.91. The molecule has 5 heteroatoms. The lowest BCUT2D eigenvalue weighted by Gasteiger charge is -1.90. The van der Waals surface area contributed by atoms with Gasteiger partial charge in [-0.1, -0.05) is 24.1 Å². The molecule has 1 N–H and O–H groups in total. The highest BCUT2D eigenvalue weighted by Gasteiger charge is 1.95. The number of nitrogens with one attached hydrogen (secondary N) is 1. The third kappa shape index (κ3) is 2.89. The summed E-state index contributed by atoms with van der Waals surface area (Å²) >= 11 is 5.00. The number of benzene rings is 1. The van der Waals surface area contributed by atoms with Crippen molar-refractivity contribution in [1.29, 1.82) is 0 Å². The molecule has 17 heavy (non-hydrogen) atoms. The molecule has 0 fully saturated rings. The minimum absolute atomic E-state index is 0.459. The number of aromatic nitrogens is 3. The second-order valence-corrected chi connectivity index (χ2v) is 3.65. The van der Waals surface area contributed by atoms with Crippen LogP contribution in [0, 0.1) is 23.5 Å². The maximum Gasteiger partial charge on any atom is 0.216 e. The molecule has 0 bridgehead atoms. The molecular formula is C12H10N4S. The van der Waals surface area contributed by atoms with E-state index in [4.69, 9.17) is 12.2 Å². The SMILES string of the molecule is Cc1n[nH]c(=S)n1N=CC#Cc1ccccc1. The Morgan fingerprint density at radius 3 is 2.82 bits per heavy atom. The van der Waals surface area contributed by atoms with Crippen LogP contribution in [0.2, 0.25) is 0 Å². The fourth-order valence-corrected chi connectivity index (χ4v) is 1.45. The summed E-state index contributed by atoms with van der Waals surface area (Å²) in [4.78, 5) is 0. The van der Waals surface area contributed by atoms with E-state index in [0.717, 1.165) is 5.56 Å². The molecule has 2 aromatic rings. The van der Waals surface area contributed by atoms with E-state index in [2.05, 4.69) is 27.1 Å². The Balaban J connectivity index is 2.14. The fraction of sp³-hybridized carbons (Fsp3) is 0.0833. The first-order valence-electron chi connectivity index (χ1n) is 5.01. The highest BCUT2D eigenvalue weighted by molar-refractivity contribution is 7.71. The Bertz CT molecular complexity index is 640. The summed E-state index contributed by atoms with van der Waals surface area (Å²) in [5.41, 5.74) is 0.950. The summed E-state index contributed by atoms with van der Waals surface area (Å²) in [5.74, 6) is 6.51. The molecule has 0 saturated carbocycles. The number of hydrogen-bond acceptors (Lipinski definition) is 3. The Labute approximate surface area is 104 Å². The van der Waals surface area contributed by atoms with Gasteiger partial charge in [0, 0.05) is 5.56 Å². The first-order valence-corrected chi connectivity index (χ1v) is 5.41. The van der Waals surface area contributed by atoms with E-state index in [1.165, 1.54) is 10.9 Å². The zero-order valence-electron chi connectivity index (χ0n) is 9.21. The van der Waals surface area contributed by atoms with Crippen molar-refractivity contribution in [2.24, 2.45) is 5.10 Å². The van der Waals surface area contributed by atoms with Gasteiger partial charge in [0.15, 0.2) is 0 Å². The predicted octanol–water partition coefficient (Wildman–Crippen LogP) is 2.13. The summed E-state index contributed by atoms with van der Waals surface area (Å²) in [6, 6.07) is 9.72. The van der Waals surface area contributed by atoms with Crippen molar-refractivity contribution in [2.75, 3.05) is 0 Å².